The Balaban J connectivity index is 2.27. The Hall–Kier alpha value is -2.76. The molecule has 0 radical (unpaired) electrons. The van der Waals surface area contributed by atoms with E-state index in [1.807, 2.05) is 38.1 Å². The van der Waals surface area contributed by atoms with Gasteiger partial charge < -0.3 is 10.1 Å². The molecule has 1 amide bonds. The number of para-hydroxylation sites is 1. The predicted octanol–water partition coefficient (Wildman–Crippen LogP) is 2.15. The summed E-state index contributed by atoms with van der Waals surface area (Å²) < 4.78 is 4.68. The molecule has 6 heteroatoms. The first-order valence-electron chi connectivity index (χ1n) is 6.82. The van der Waals surface area contributed by atoms with Gasteiger partial charge in [0.25, 0.3) is 5.91 Å². The van der Waals surface area contributed by atoms with Crippen LogP contribution in [-0.2, 0) is 10.2 Å². The van der Waals surface area contributed by atoms with Gasteiger partial charge in [0.1, 0.15) is 0 Å². The van der Waals surface area contributed by atoms with Crippen molar-refractivity contribution < 1.29 is 14.3 Å². The van der Waals surface area contributed by atoms with Gasteiger partial charge >= 0.3 is 5.97 Å². The predicted molar refractivity (Wildman–Crippen MR) is 79.9 cm³/mol. The highest BCUT2D eigenvalue weighted by Gasteiger charge is 2.35. The average Bonchev–Trinajstić information content (AvgIpc) is 2.61. The van der Waals surface area contributed by atoms with E-state index >= 15 is 0 Å². The highest BCUT2D eigenvalue weighted by molar-refractivity contribution is 6.06. The summed E-state index contributed by atoms with van der Waals surface area (Å²) in [7, 11) is 1.28. The summed E-state index contributed by atoms with van der Waals surface area (Å²) in [6, 6.07) is 9.14. The summed E-state index contributed by atoms with van der Waals surface area (Å²) in [5.41, 5.74) is 2.12. The van der Waals surface area contributed by atoms with E-state index in [0.29, 0.717) is 5.56 Å². The molecule has 1 aromatic heterocycles. The van der Waals surface area contributed by atoms with E-state index in [9.17, 15) is 9.59 Å². The van der Waals surface area contributed by atoms with Crippen molar-refractivity contribution in [1.29, 1.82) is 0 Å². The van der Waals surface area contributed by atoms with Crippen LogP contribution in [0.1, 0.15) is 46.0 Å². The lowest BCUT2D eigenvalue weighted by atomic mass is 9.77. The highest BCUT2D eigenvalue weighted by Crippen LogP contribution is 2.39. The van der Waals surface area contributed by atoms with Crippen LogP contribution in [0, 0.1) is 0 Å². The van der Waals surface area contributed by atoms with Gasteiger partial charge in [0.15, 0.2) is 11.4 Å². The normalized spacial score (nSPS) is 15.1. The SMILES string of the molecule is COC(=O)c1cc2c(nn1)C(=O)Nc1ccccc1C2(C)C. The van der Waals surface area contributed by atoms with Gasteiger partial charge in [-0.2, -0.15) is 0 Å². The zero-order valence-corrected chi connectivity index (χ0v) is 12.5. The lowest BCUT2D eigenvalue weighted by Crippen LogP contribution is -2.23. The smallest absolute Gasteiger partial charge is 0.358 e. The number of anilines is 1. The summed E-state index contributed by atoms with van der Waals surface area (Å²) in [6.07, 6.45) is 0. The third-order valence-corrected chi connectivity index (χ3v) is 3.93. The molecule has 0 spiro atoms. The van der Waals surface area contributed by atoms with Crippen molar-refractivity contribution in [3.05, 3.63) is 52.8 Å². The maximum absolute atomic E-state index is 12.4. The molecule has 1 aliphatic heterocycles. The zero-order valence-electron chi connectivity index (χ0n) is 12.5. The number of esters is 1. The number of methoxy groups -OCH3 is 1. The Morgan fingerprint density at radius 1 is 1.18 bits per heavy atom. The van der Waals surface area contributed by atoms with E-state index in [4.69, 9.17) is 0 Å². The number of ether oxygens (including phenoxy) is 1. The summed E-state index contributed by atoms with van der Waals surface area (Å²) >= 11 is 0. The molecule has 2 heterocycles. The Morgan fingerprint density at radius 3 is 2.64 bits per heavy atom. The number of nitrogens with one attached hydrogen (secondary N) is 1. The number of aromatic nitrogens is 2. The van der Waals surface area contributed by atoms with Crippen LogP contribution >= 0.6 is 0 Å². The maximum atomic E-state index is 12.4. The number of fused-ring (bicyclic) bond motifs is 2. The molecular weight excluding hydrogens is 282 g/mol. The van der Waals surface area contributed by atoms with E-state index in [-0.39, 0.29) is 17.3 Å². The quantitative estimate of drug-likeness (QED) is 0.816. The molecule has 1 aromatic carbocycles. The molecule has 0 saturated heterocycles. The van der Waals surface area contributed by atoms with Crippen LogP contribution in [-0.4, -0.2) is 29.2 Å². The van der Waals surface area contributed by atoms with Gasteiger partial charge in [-0.3, -0.25) is 4.79 Å². The first-order chi connectivity index (χ1) is 10.4. The average molecular weight is 297 g/mol. The van der Waals surface area contributed by atoms with Crippen LogP contribution in [0.3, 0.4) is 0 Å². The second kappa shape index (κ2) is 4.91. The fourth-order valence-electron chi connectivity index (χ4n) is 2.70. The van der Waals surface area contributed by atoms with Crippen LogP contribution < -0.4 is 5.32 Å². The zero-order chi connectivity index (χ0) is 15.9. The number of rotatable bonds is 1. The first kappa shape index (κ1) is 14.2. The molecule has 1 N–H and O–H groups in total. The summed E-state index contributed by atoms with van der Waals surface area (Å²) in [5.74, 6) is -0.916. The molecule has 0 fully saturated rings. The number of carbonyl (C=O) groups excluding carboxylic acids is 2. The third-order valence-electron chi connectivity index (χ3n) is 3.93. The molecule has 22 heavy (non-hydrogen) atoms. The Labute approximate surface area is 127 Å². The molecule has 0 aliphatic carbocycles. The molecule has 6 nitrogen and oxygen atoms in total. The standard InChI is InChI=1S/C16H15N3O3/c1-16(2)9-6-4-5-7-11(9)17-14(20)13-10(16)8-12(18-19-13)15(21)22-3/h4-8H,1-3H3,(H,17,20). The van der Waals surface area contributed by atoms with Gasteiger partial charge in [-0.15, -0.1) is 10.2 Å². The van der Waals surface area contributed by atoms with E-state index in [0.717, 1.165) is 11.3 Å². The topological polar surface area (TPSA) is 81.2 Å². The van der Waals surface area contributed by atoms with Gasteiger partial charge in [-0.1, -0.05) is 32.0 Å². The first-order valence-corrected chi connectivity index (χ1v) is 6.82. The minimum Gasteiger partial charge on any atom is -0.464 e. The van der Waals surface area contributed by atoms with Crippen molar-refractivity contribution in [1.82, 2.24) is 10.2 Å². The van der Waals surface area contributed by atoms with E-state index < -0.39 is 11.4 Å². The van der Waals surface area contributed by atoms with Gasteiger partial charge in [-0.05, 0) is 23.3 Å². The molecule has 0 atom stereocenters. The van der Waals surface area contributed by atoms with Crippen LogP contribution in [0.15, 0.2) is 30.3 Å². The second-order valence-electron chi connectivity index (χ2n) is 5.61. The van der Waals surface area contributed by atoms with Gasteiger partial charge in [0.2, 0.25) is 0 Å². The van der Waals surface area contributed by atoms with Crippen molar-refractivity contribution in [3.8, 4) is 0 Å². The molecule has 0 bridgehead atoms. The highest BCUT2D eigenvalue weighted by atomic mass is 16.5. The summed E-state index contributed by atoms with van der Waals surface area (Å²) in [5, 5.41) is 10.6. The Morgan fingerprint density at radius 2 is 1.91 bits per heavy atom. The fraction of sp³-hybridized carbons (Fsp3) is 0.250. The van der Waals surface area contributed by atoms with Crippen LogP contribution in [0.4, 0.5) is 5.69 Å². The monoisotopic (exact) mass is 297 g/mol. The number of nitrogens with zero attached hydrogens (tertiary/aromatic N) is 2. The minimum atomic E-state index is -0.580. The maximum Gasteiger partial charge on any atom is 0.358 e. The van der Waals surface area contributed by atoms with Crippen LogP contribution in [0.5, 0.6) is 0 Å². The van der Waals surface area contributed by atoms with Crippen LogP contribution in [0.2, 0.25) is 0 Å². The lowest BCUT2D eigenvalue weighted by molar-refractivity contribution is 0.0591. The van der Waals surface area contributed by atoms with Gasteiger partial charge in [0, 0.05) is 11.1 Å². The summed E-state index contributed by atoms with van der Waals surface area (Å²) in [4.78, 5) is 24.1. The molecule has 0 saturated carbocycles. The van der Waals surface area contributed by atoms with E-state index in [2.05, 4.69) is 20.3 Å². The lowest BCUT2D eigenvalue weighted by Gasteiger charge is -2.26. The van der Waals surface area contributed by atoms with Crippen molar-refractivity contribution in [2.75, 3.05) is 12.4 Å². The number of carbonyl (C=O) groups is 2. The second-order valence-corrected chi connectivity index (χ2v) is 5.61. The number of amides is 1. The van der Waals surface area contributed by atoms with Crippen molar-refractivity contribution in [2.24, 2.45) is 0 Å². The minimum absolute atomic E-state index is 0.0847. The van der Waals surface area contributed by atoms with Gasteiger partial charge in [0.05, 0.1) is 7.11 Å². The van der Waals surface area contributed by atoms with E-state index in [1.165, 1.54) is 7.11 Å². The molecule has 3 rings (SSSR count). The third kappa shape index (κ3) is 2.04. The number of benzene rings is 1. The van der Waals surface area contributed by atoms with E-state index in [1.54, 1.807) is 6.07 Å². The van der Waals surface area contributed by atoms with Crippen molar-refractivity contribution in [3.63, 3.8) is 0 Å². The fourth-order valence-corrected chi connectivity index (χ4v) is 2.70. The number of hydrogen-bond donors (Lipinski definition) is 1. The Kier molecular flexibility index (Phi) is 3.16. The largest absolute Gasteiger partial charge is 0.464 e. The number of hydrogen-bond acceptors (Lipinski definition) is 5. The Bertz CT molecular complexity index is 784. The summed E-state index contributed by atoms with van der Waals surface area (Å²) in [6.45, 7) is 3.96. The van der Waals surface area contributed by atoms with Gasteiger partial charge in [-0.25, -0.2) is 4.79 Å². The molecule has 0 unspecified atom stereocenters. The molecule has 1 aliphatic rings. The van der Waals surface area contributed by atoms with Crippen molar-refractivity contribution >= 4 is 17.6 Å². The van der Waals surface area contributed by atoms with Crippen LogP contribution in [0.25, 0.3) is 0 Å². The molecular formula is C16H15N3O3. The molecule has 112 valence electrons. The van der Waals surface area contributed by atoms with Crippen molar-refractivity contribution in [2.45, 2.75) is 19.3 Å². The molecule has 2 aromatic rings.